The molecular formula is C15H15NO. The first-order chi connectivity index (χ1) is 8.38. The number of anilines is 1. The SMILES string of the molecule is CCCNc1ccc2oc3ccccc3c2c1. The molecule has 2 aromatic carbocycles. The van der Waals surface area contributed by atoms with Gasteiger partial charge in [-0.1, -0.05) is 25.1 Å². The van der Waals surface area contributed by atoms with Crippen LogP contribution >= 0.6 is 0 Å². The standard InChI is InChI=1S/C15H15NO/c1-2-9-16-11-7-8-15-13(10-11)12-5-3-4-6-14(12)17-15/h3-8,10,16H,2,9H2,1H3. The van der Waals surface area contributed by atoms with Crippen molar-refractivity contribution in [3.05, 3.63) is 42.5 Å². The molecule has 0 unspecified atom stereocenters. The highest BCUT2D eigenvalue weighted by Crippen LogP contribution is 2.30. The Hall–Kier alpha value is -1.96. The van der Waals surface area contributed by atoms with Crippen LogP contribution in [-0.4, -0.2) is 6.54 Å². The van der Waals surface area contributed by atoms with Gasteiger partial charge in [0.15, 0.2) is 0 Å². The summed E-state index contributed by atoms with van der Waals surface area (Å²) in [6, 6.07) is 14.4. The van der Waals surface area contributed by atoms with Gasteiger partial charge in [-0.3, -0.25) is 0 Å². The molecule has 0 spiro atoms. The predicted molar refractivity (Wildman–Crippen MR) is 72.5 cm³/mol. The van der Waals surface area contributed by atoms with E-state index < -0.39 is 0 Å². The van der Waals surface area contributed by atoms with Crippen molar-refractivity contribution in [1.29, 1.82) is 0 Å². The summed E-state index contributed by atoms with van der Waals surface area (Å²) in [6.07, 6.45) is 1.13. The summed E-state index contributed by atoms with van der Waals surface area (Å²) >= 11 is 0. The van der Waals surface area contributed by atoms with E-state index in [0.29, 0.717) is 0 Å². The van der Waals surface area contributed by atoms with E-state index in [2.05, 4.69) is 30.4 Å². The maximum Gasteiger partial charge on any atom is 0.135 e. The maximum absolute atomic E-state index is 5.78. The average molecular weight is 225 g/mol. The maximum atomic E-state index is 5.78. The van der Waals surface area contributed by atoms with E-state index in [0.717, 1.165) is 29.8 Å². The molecule has 0 bridgehead atoms. The van der Waals surface area contributed by atoms with Gasteiger partial charge in [0, 0.05) is 23.0 Å². The molecule has 0 fully saturated rings. The second-order valence-electron chi connectivity index (χ2n) is 4.24. The van der Waals surface area contributed by atoms with Gasteiger partial charge >= 0.3 is 0 Å². The van der Waals surface area contributed by atoms with E-state index in [1.165, 1.54) is 10.8 Å². The summed E-state index contributed by atoms with van der Waals surface area (Å²) in [4.78, 5) is 0. The Balaban J connectivity index is 2.16. The number of furan rings is 1. The topological polar surface area (TPSA) is 25.2 Å². The fourth-order valence-electron chi connectivity index (χ4n) is 2.11. The number of benzene rings is 2. The van der Waals surface area contributed by atoms with Crippen molar-refractivity contribution in [2.45, 2.75) is 13.3 Å². The van der Waals surface area contributed by atoms with Gasteiger partial charge in [-0.05, 0) is 30.7 Å². The molecule has 1 heterocycles. The molecule has 0 amide bonds. The molecule has 86 valence electrons. The zero-order chi connectivity index (χ0) is 11.7. The van der Waals surface area contributed by atoms with Crippen molar-refractivity contribution in [3.63, 3.8) is 0 Å². The molecule has 2 nitrogen and oxygen atoms in total. The fourth-order valence-corrected chi connectivity index (χ4v) is 2.11. The molecule has 1 aromatic heterocycles. The second-order valence-corrected chi connectivity index (χ2v) is 4.24. The Bertz CT molecular complexity index is 654. The summed E-state index contributed by atoms with van der Waals surface area (Å²) in [5.41, 5.74) is 3.06. The first-order valence-corrected chi connectivity index (χ1v) is 6.03. The van der Waals surface area contributed by atoms with Crippen LogP contribution in [0.2, 0.25) is 0 Å². The Labute approximate surface area is 100 Å². The van der Waals surface area contributed by atoms with E-state index in [1.54, 1.807) is 0 Å². The number of fused-ring (bicyclic) bond motifs is 3. The number of rotatable bonds is 3. The van der Waals surface area contributed by atoms with Gasteiger partial charge in [0.2, 0.25) is 0 Å². The van der Waals surface area contributed by atoms with Gasteiger partial charge in [0.1, 0.15) is 11.2 Å². The normalized spacial score (nSPS) is 11.1. The monoisotopic (exact) mass is 225 g/mol. The van der Waals surface area contributed by atoms with Crippen LogP contribution in [0.5, 0.6) is 0 Å². The molecule has 3 aromatic rings. The smallest absolute Gasteiger partial charge is 0.135 e. The number of nitrogens with one attached hydrogen (secondary N) is 1. The summed E-state index contributed by atoms with van der Waals surface area (Å²) < 4.78 is 5.78. The first kappa shape index (κ1) is 10.2. The Morgan fingerprint density at radius 3 is 2.71 bits per heavy atom. The molecule has 0 aliphatic rings. The van der Waals surface area contributed by atoms with Crippen LogP contribution < -0.4 is 5.32 Å². The minimum atomic E-state index is 0.952. The summed E-state index contributed by atoms with van der Waals surface area (Å²) in [7, 11) is 0. The summed E-state index contributed by atoms with van der Waals surface area (Å²) in [5, 5.41) is 5.76. The van der Waals surface area contributed by atoms with Crippen molar-refractivity contribution in [3.8, 4) is 0 Å². The van der Waals surface area contributed by atoms with Crippen LogP contribution in [0.3, 0.4) is 0 Å². The molecule has 0 saturated carbocycles. The number of hydrogen-bond acceptors (Lipinski definition) is 2. The Kier molecular flexibility index (Phi) is 2.48. The zero-order valence-electron chi connectivity index (χ0n) is 9.86. The molecule has 1 N–H and O–H groups in total. The van der Waals surface area contributed by atoms with E-state index in [4.69, 9.17) is 4.42 Å². The summed E-state index contributed by atoms with van der Waals surface area (Å²) in [5.74, 6) is 0. The molecule has 0 atom stereocenters. The minimum Gasteiger partial charge on any atom is -0.456 e. The molecule has 17 heavy (non-hydrogen) atoms. The lowest BCUT2D eigenvalue weighted by molar-refractivity contribution is 0.669. The van der Waals surface area contributed by atoms with Gasteiger partial charge in [0.25, 0.3) is 0 Å². The van der Waals surface area contributed by atoms with Crippen molar-refractivity contribution in [2.24, 2.45) is 0 Å². The highest BCUT2D eigenvalue weighted by Gasteiger charge is 2.06. The van der Waals surface area contributed by atoms with Gasteiger partial charge < -0.3 is 9.73 Å². The van der Waals surface area contributed by atoms with Crippen molar-refractivity contribution >= 4 is 27.6 Å². The van der Waals surface area contributed by atoms with Gasteiger partial charge in [-0.2, -0.15) is 0 Å². The van der Waals surface area contributed by atoms with E-state index in [1.807, 2.05) is 24.3 Å². The lowest BCUT2D eigenvalue weighted by Crippen LogP contribution is -1.98. The van der Waals surface area contributed by atoms with Gasteiger partial charge in [-0.25, -0.2) is 0 Å². The highest BCUT2D eigenvalue weighted by atomic mass is 16.3. The van der Waals surface area contributed by atoms with Crippen LogP contribution in [-0.2, 0) is 0 Å². The third-order valence-electron chi connectivity index (χ3n) is 2.96. The minimum absolute atomic E-state index is 0.952. The molecule has 0 aliphatic carbocycles. The summed E-state index contributed by atoms with van der Waals surface area (Å²) in [6.45, 7) is 3.17. The third kappa shape index (κ3) is 1.76. The lowest BCUT2D eigenvalue weighted by atomic mass is 10.1. The molecule has 0 saturated heterocycles. The number of para-hydroxylation sites is 1. The van der Waals surface area contributed by atoms with Crippen LogP contribution in [0.4, 0.5) is 5.69 Å². The van der Waals surface area contributed by atoms with Crippen molar-refractivity contribution < 1.29 is 4.42 Å². The van der Waals surface area contributed by atoms with Gasteiger partial charge in [0.05, 0.1) is 0 Å². The number of hydrogen-bond donors (Lipinski definition) is 1. The van der Waals surface area contributed by atoms with Crippen LogP contribution in [0.1, 0.15) is 13.3 Å². The zero-order valence-corrected chi connectivity index (χ0v) is 9.86. The fraction of sp³-hybridized carbons (Fsp3) is 0.200. The lowest BCUT2D eigenvalue weighted by Gasteiger charge is -2.03. The second kappa shape index (κ2) is 4.13. The first-order valence-electron chi connectivity index (χ1n) is 6.03. The predicted octanol–water partition coefficient (Wildman–Crippen LogP) is 4.41. The molecular weight excluding hydrogens is 210 g/mol. The Morgan fingerprint density at radius 2 is 1.82 bits per heavy atom. The molecule has 3 rings (SSSR count). The molecule has 0 radical (unpaired) electrons. The molecule has 0 aliphatic heterocycles. The average Bonchev–Trinajstić information content (AvgIpc) is 2.74. The van der Waals surface area contributed by atoms with Crippen LogP contribution in [0.25, 0.3) is 21.9 Å². The van der Waals surface area contributed by atoms with Crippen LogP contribution in [0, 0.1) is 0 Å². The van der Waals surface area contributed by atoms with E-state index in [-0.39, 0.29) is 0 Å². The van der Waals surface area contributed by atoms with Gasteiger partial charge in [-0.15, -0.1) is 0 Å². The Morgan fingerprint density at radius 1 is 1.00 bits per heavy atom. The van der Waals surface area contributed by atoms with Crippen molar-refractivity contribution in [1.82, 2.24) is 0 Å². The quantitative estimate of drug-likeness (QED) is 0.714. The largest absolute Gasteiger partial charge is 0.456 e. The highest BCUT2D eigenvalue weighted by molar-refractivity contribution is 6.05. The third-order valence-corrected chi connectivity index (χ3v) is 2.96. The van der Waals surface area contributed by atoms with Crippen LogP contribution in [0.15, 0.2) is 46.9 Å². The van der Waals surface area contributed by atoms with Crippen molar-refractivity contribution in [2.75, 3.05) is 11.9 Å². The van der Waals surface area contributed by atoms with E-state index in [9.17, 15) is 0 Å². The van der Waals surface area contributed by atoms with E-state index >= 15 is 0 Å². The molecule has 2 heteroatoms.